The Balaban J connectivity index is 1.23. The van der Waals surface area contributed by atoms with E-state index < -0.39 is 121 Å². The minimum Gasteiger partial charge on any atom is -0.459 e. The van der Waals surface area contributed by atoms with Crippen LogP contribution in [0.1, 0.15) is 118 Å². The second kappa shape index (κ2) is 25.6. The lowest BCUT2D eigenvalue weighted by Gasteiger charge is -2.47. The zero-order chi connectivity index (χ0) is 54.4. The molecule has 3 aliphatic rings. The third kappa shape index (κ3) is 13.9. The standard InChI is InChI=1S/C53H85FN6O13S/c1-14-42-53(9,66)47(62)33(5)59(11)27-30(2)23-51(7,65)43(22-40(32(4)49(64)72-42)71-44-24-52(8,68-13)48(63)34(6)70-44)73-50-45(61)38(21-31(3)69-50)58(10)20-19-37-28-60(57-56-37)39(25-54)46(67-12)36-17-15-35(16-18-36)41-26-55-29-74-41/h15-18,26,28-34,38-40,42-48,50,61-63,65-66H,14,19-25,27H2,1-13H3/t30-,31-,32-,33-,34+,38+,39-,40+,42-,43-,44+,45-,46-,47-,48+,50+,51-,52-,53-/m1/s1. The largest absolute Gasteiger partial charge is 0.459 e. The molecular weight excluding hydrogens is 980 g/mol. The van der Waals surface area contributed by atoms with E-state index in [1.54, 1.807) is 66.6 Å². The Morgan fingerprint density at radius 1 is 0.986 bits per heavy atom. The Morgan fingerprint density at radius 2 is 1.69 bits per heavy atom. The smallest absolute Gasteiger partial charge is 0.311 e. The molecule has 6 rings (SSSR count). The molecule has 0 aliphatic carbocycles. The number of benzene rings is 1. The number of carbonyl (C=O) groups is 1. The predicted molar refractivity (Wildman–Crippen MR) is 275 cm³/mol. The van der Waals surface area contributed by atoms with Crippen LogP contribution in [0, 0.1) is 11.8 Å². The minimum atomic E-state index is -1.84. The third-order valence-electron chi connectivity index (χ3n) is 16.1. The molecule has 74 heavy (non-hydrogen) atoms. The highest BCUT2D eigenvalue weighted by molar-refractivity contribution is 7.13. The molecule has 3 saturated heterocycles. The lowest BCUT2D eigenvalue weighted by atomic mass is 9.83. The number of hydrogen-bond acceptors (Lipinski definition) is 19. The van der Waals surface area contributed by atoms with Crippen LogP contribution >= 0.6 is 11.3 Å². The van der Waals surface area contributed by atoms with Crippen molar-refractivity contribution in [2.24, 2.45) is 11.8 Å². The summed E-state index contributed by atoms with van der Waals surface area (Å²) in [5, 5.41) is 68.2. The number of aliphatic hydroxyl groups is 5. The predicted octanol–water partition coefficient (Wildman–Crippen LogP) is 4.88. The van der Waals surface area contributed by atoms with Crippen LogP contribution in [0.4, 0.5) is 4.39 Å². The van der Waals surface area contributed by atoms with E-state index in [0.29, 0.717) is 31.6 Å². The normalized spacial score (nSPS) is 38.2. The fourth-order valence-electron chi connectivity index (χ4n) is 11.1. The van der Waals surface area contributed by atoms with Crippen molar-refractivity contribution >= 4 is 17.3 Å². The van der Waals surface area contributed by atoms with Gasteiger partial charge in [-0.2, -0.15) is 0 Å². The van der Waals surface area contributed by atoms with Gasteiger partial charge in [0, 0.05) is 71.0 Å². The molecule has 0 bridgehead atoms. The van der Waals surface area contributed by atoms with Gasteiger partial charge >= 0.3 is 5.97 Å². The lowest BCUT2D eigenvalue weighted by Crippen LogP contribution is -2.59. The van der Waals surface area contributed by atoms with Gasteiger partial charge in [-0.25, -0.2) is 9.07 Å². The van der Waals surface area contributed by atoms with Gasteiger partial charge in [0.05, 0.1) is 57.6 Å². The van der Waals surface area contributed by atoms with Gasteiger partial charge in [0.25, 0.3) is 0 Å². The number of halogens is 1. The van der Waals surface area contributed by atoms with Crippen LogP contribution in [-0.2, 0) is 44.4 Å². The lowest BCUT2D eigenvalue weighted by molar-refractivity contribution is -0.308. The quantitative estimate of drug-likeness (QED) is 0.120. The molecule has 21 heteroatoms. The van der Waals surface area contributed by atoms with Gasteiger partial charge in [-0.05, 0) is 98.9 Å². The van der Waals surface area contributed by atoms with Crippen molar-refractivity contribution in [2.75, 3.05) is 48.1 Å². The molecule has 0 saturated carbocycles. The van der Waals surface area contributed by atoms with Crippen molar-refractivity contribution in [1.82, 2.24) is 29.8 Å². The number of esters is 1. The van der Waals surface area contributed by atoms with E-state index in [9.17, 15) is 34.7 Å². The summed E-state index contributed by atoms with van der Waals surface area (Å²) in [5.41, 5.74) is -0.359. The Morgan fingerprint density at radius 3 is 2.31 bits per heavy atom. The zero-order valence-corrected chi connectivity index (χ0v) is 46.4. The molecule has 19 nitrogen and oxygen atoms in total. The third-order valence-corrected chi connectivity index (χ3v) is 16.9. The summed E-state index contributed by atoms with van der Waals surface area (Å²) in [5.74, 6) is -1.99. The van der Waals surface area contributed by atoms with E-state index >= 15 is 0 Å². The Bertz CT molecular complexity index is 2190. The molecule has 5 heterocycles. The number of ether oxygens (including phenoxy) is 7. The van der Waals surface area contributed by atoms with E-state index in [4.69, 9.17) is 33.2 Å². The number of hydrogen-bond donors (Lipinski definition) is 5. The van der Waals surface area contributed by atoms with Crippen molar-refractivity contribution in [3.63, 3.8) is 0 Å². The maximum Gasteiger partial charge on any atom is 0.311 e. The maximum atomic E-state index is 14.9. The number of aromatic nitrogens is 4. The monoisotopic (exact) mass is 1060 g/mol. The fraction of sp³-hybridized carbons (Fsp3) is 0.774. The molecular formula is C53H85FN6O13S. The molecule has 1 aromatic carbocycles. The van der Waals surface area contributed by atoms with Gasteiger partial charge < -0.3 is 68.5 Å². The summed E-state index contributed by atoms with van der Waals surface area (Å²) in [7, 11) is 6.75. The van der Waals surface area contributed by atoms with Crippen molar-refractivity contribution in [2.45, 2.75) is 203 Å². The van der Waals surface area contributed by atoms with Gasteiger partial charge in [0.1, 0.15) is 48.8 Å². The second-order valence-electron chi connectivity index (χ2n) is 22.0. The van der Waals surface area contributed by atoms with Crippen LogP contribution in [0.25, 0.3) is 10.4 Å². The number of cyclic esters (lactones) is 1. The number of alkyl halides is 1. The first-order valence-electron chi connectivity index (χ1n) is 26.1. The van der Waals surface area contributed by atoms with Gasteiger partial charge in [-0.15, -0.1) is 16.4 Å². The summed E-state index contributed by atoms with van der Waals surface area (Å²) < 4.78 is 60.1. The van der Waals surface area contributed by atoms with E-state index in [0.717, 1.165) is 16.0 Å². The van der Waals surface area contributed by atoms with Crippen LogP contribution in [0.15, 0.2) is 42.2 Å². The van der Waals surface area contributed by atoms with E-state index in [1.807, 2.05) is 62.0 Å². The highest BCUT2D eigenvalue weighted by Crippen LogP contribution is 2.39. The first-order valence-corrected chi connectivity index (χ1v) is 27.0. The van der Waals surface area contributed by atoms with Crippen LogP contribution < -0.4 is 0 Å². The van der Waals surface area contributed by atoms with E-state index in [1.165, 1.54) is 30.1 Å². The molecule has 0 unspecified atom stereocenters. The SMILES string of the molecule is CC[C@H]1OC(=O)[C@H](C)[C@@H](O[C@H]2C[C@@](C)(OC)[C@@H](O)[C@H](C)O2)C[C@@H](O[C@@H]2O[C@H](C)C[C@H](N(C)CCc3cn([C@H](CF)[C@H](OC)c4ccc(-c5cncs5)cc4)nn3)[C@H]2O)[C@](C)(O)C[C@@H](C)CN(C)[C@H](C)[C@@H](O)[C@]1(C)O. The van der Waals surface area contributed by atoms with E-state index in [-0.39, 0.29) is 31.6 Å². The van der Waals surface area contributed by atoms with Gasteiger partial charge in [-0.3, -0.25) is 9.78 Å². The minimum absolute atomic E-state index is 0.0920. The van der Waals surface area contributed by atoms with Crippen LogP contribution in [0.3, 0.4) is 0 Å². The number of methoxy groups -OCH3 is 2. The molecule has 418 valence electrons. The number of thiazole rings is 1. The number of nitrogens with zero attached hydrogens (tertiary/aromatic N) is 6. The summed E-state index contributed by atoms with van der Waals surface area (Å²) in [6, 6.07) is 5.92. The van der Waals surface area contributed by atoms with Crippen molar-refractivity contribution in [3.8, 4) is 10.4 Å². The molecule has 3 aromatic rings. The first-order chi connectivity index (χ1) is 34.9. The topological polar surface area (TPSA) is 233 Å². The molecule has 3 aliphatic heterocycles. The number of carbonyl (C=O) groups excluding carboxylic acids is 1. The molecule has 0 radical (unpaired) electrons. The molecule has 5 N–H and O–H groups in total. The number of rotatable bonds is 16. The van der Waals surface area contributed by atoms with Crippen LogP contribution in [0.5, 0.6) is 0 Å². The van der Waals surface area contributed by atoms with Crippen molar-refractivity contribution in [3.05, 3.63) is 53.4 Å². The fourth-order valence-corrected chi connectivity index (χ4v) is 11.7. The summed E-state index contributed by atoms with van der Waals surface area (Å²) in [4.78, 5) is 23.5. The molecule has 3 fully saturated rings. The Labute approximate surface area is 440 Å². The average Bonchev–Trinajstić information content (AvgIpc) is 4.08. The first kappa shape index (κ1) is 60.1. The maximum absolute atomic E-state index is 14.9. The zero-order valence-electron chi connectivity index (χ0n) is 45.6. The molecule has 0 amide bonds. The average molecular weight is 1070 g/mol. The summed E-state index contributed by atoms with van der Waals surface area (Å²) in [6.45, 7) is 15.7. The summed E-state index contributed by atoms with van der Waals surface area (Å²) in [6.07, 6.45) is -6.08. The van der Waals surface area contributed by atoms with Crippen molar-refractivity contribution in [1.29, 1.82) is 0 Å². The van der Waals surface area contributed by atoms with Gasteiger partial charge in [0.15, 0.2) is 12.6 Å². The van der Waals surface area contributed by atoms with Crippen molar-refractivity contribution < 1.29 is 67.9 Å². The number of likely N-dealkylation sites (N-methyl/N-ethyl adjacent to an activating group) is 2. The van der Waals surface area contributed by atoms with Gasteiger partial charge in [-0.1, -0.05) is 43.3 Å². The highest BCUT2D eigenvalue weighted by Gasteiger charge is 2.51. The summed E-state index contributed by atoms with van der Waals surface area (Å²) >= 11 is 1.54. The molecule has 19 atom stereocenters. The van der Waals surface area contributed by atoms with Gasteiger partial charge in [0.2, 0.25) is 0 Å². The van der Waals surface area contributed by atoms with Crippen LogP contribution in [0.2, 0.25) is 0 Å². The molecule has 0 spiro atoms. The second-order valence-corrected chi connectivity index (χ2v) is 22.9. The number of aliphatic hydroxyl groups excluding tert-OH is 3. The molecule has 2 aromatic heterocycles. The highest BCUT2D eigenvalue weighted by atomic mass is 32.1. The van der Waals surface area contributed by atoms with E-state index in [2.05, 4.69) is 15.3 Å². The Hall–Kier alpha value is -3.13. The Kier molecular flexibility index (Phi) is 20.8. The van der Waals surface area contributed by atoms with Crippen LogP contribution in [-0.4, -0.2) is 200 Å².